The van der Waals surface area contributed by atoms with Crippen molar-refractivity contribution in [2.45, 2.75) is 51.2 Å². The summed E-state index contributed by atoms with van der Waals surface area (Å²) in [6.07, 6.45) is 4.97. The highest BCUT2D eigenvalue weighted by molar-refractivity contribution is 5.55. The second-order valence-corrected chi connectivity index (χ2v) is 6.24. The summed E-state index contributed by atoms with van der Waals surface area (Å²) < 4.78 is 5.48. The highest BCUT2D eigenvalue weighted by Gasteiger charge is 2.23. The monoisotopic (exact) mass is 274 g/mol. The molecule has 0 spiro atoms. The molecule has 1 aromatic rings. The molecule has 1 heterocycles. The molecule has 1 N–H and O–H groups in total. The van der Waals surface area contributed by atoms with Crippen molar-refractivity contribution in [1.29, 1.82) is 0 Å². The Morgan fingerprint density at radius 3 is 2.65 bits per heavy atom. The number of anilines is 1. The fourth-order valence-electron chi connectivity index (χ4n) is 3.01. The van der Waals surface area contributed by atoms with Crippen molar-refractivity contribution in [2.75, 3.05) is 25.2 Å². The van der Waals surface area contributed by atoms with Crippen LogP contribution in [0, 0.1) is 6.92 Å². The first-order valence-electron chi connectivity index (χ1n) is 7.87. The van der Waals surface area contributed by atoms with Crippen molar-refractivity contribution in [2.24, 2.45) is 0 Å². The molecule has 1 aliphatic carbocycles. The van der Waals surface area contributed by atoms with E-state index in [4.69, 9.17) is 4.74 Å². The molecule has 20 heavy (non-hydrogen) atoms. The molecule has 3 nitrogen and oxygen atoms in total. The van der Waals surface area contributed by atoms with Gasteiger partial charge in [-0.2, -0.15) is 0 Å². The number of nitrogens with zero attached hydrogens (tertiary/aromatic N) is 1. The van der Waals surface area contributed by atoms with Crippen LogP contribution in [-0.2, 0) is 11.3 Å². The van der Waals surface area contributed by atoms with Crippen molar-refractivity contribution >= 4 is 5.69 Å². The average Bonchev–Trinajstić information content (AvgIpc) is 3.30. The van der Waals surface area contributed by atoms with E-state index in [2.05, 4.69) is 42.4 Å². The zero-order valence-electron chi connectivity index (χ0n) is 12.7. The fraction of sp³-hybridized carbons (Fsp3) is 0.647. The van der Waals surface area contributed by atoms with Gasteiger partial charge < -0.3 is 15.0 Å². The van der Waals surface area contributed by atoms with Gasteiger partial charge in [-0.05, 0) is 44.2 Å². The molecule has 0 unspecified atom stereocenters. The predicted molar refractivity (Wildman–Crippen MR) is 83.3 cm³/mol. The average molecular weight is 274 g/mol. The second-order valence-electron chi connectivity index (χ2n) is 6.24. The van der Waals surface area contributed by atoms with Crippen LogP contribution in [0.4, 0.5) is 5.69 Å². The Bertz CT molecular complexity index is 450. The zero-order chi connectivity index (χ0) is 13.9. The molecule has 0 amide bonds. The van der Waals surface area contributed by atoms with Crippen LogP contribution in [0.5, 0.6) is 0 Å². The Morgan fingerprint density at radius 1 is 1.20 bits per heavy atom. The maximum atomic E-state index is 5.48. The Kier molecular flexibility index (Phi) is 4.27. The highest BCUT2D eigenvalue weighted by Crippen LogP contribution is 2.27. The summed E-state index contributed by atoms with van der Waals surface area (Å²) in [5.74, 6) is 0. The summed E-state index contributed by atoms with van der Waals surface area (Å²) in [5, 5.41) is 3.65. The first-order valence-corrected chi connectivity index (χ1v) is 7.87. The minimum atomic E-state index is 0.617. The molecule has 3 rings (SSSR count). The minimum Gasteiger partial charge on any atom is -0.381 e. The third-order valence-electron chi connectivity index (χ3n) is 4.51. The molecule has 1 saturated carbocycles. The van der Waals surface area contributed by atoms with Crippen LogP contribution >= 0.6 is 0 Å². The third kappa shape index (κ3) is 3.33. The second kappa shape index (κ2) is 6.15. The fourth-order valence-corrected chi connectivity index (χ4v) is 3.01. The molecule has 1 saturated heterocycles. The molecule has 3 heteroatoms. The Morgan fingerprint density at radius 2 is 1.95 bits per heavy atom. The molecule has 2 fully saturated rings. The number of hydrogen-bond acceptors (Lipinski definition) is 3. The first kappa shape index (κ1) is 13.9. The Hall–Kier alpha value is -1.06. The van der Waals surface area contributed by atoms with Crippen molar-refractivity contribution in [3.8, 4) is 0 Å². The van der Waals surface area contributed by atoms with Crippen LogP contribution in [0.3, 0.4) is 0 Å². The normalized spacial score (nSPS) is 20.1. The van der Waals surface area contributed by atoms with Gasteiger partial charge in [-0.25, -0.2) is 0 Å². The lowest BCUT2D eigenvalue weighted by Gasteiger charge is -2.34. The predicted octanol–water partition coefficient (Wildman–Crippen LogP) is 2.86. The molecule has 2 aliphatic rings. The van der Waals surface area contributed by atoms with E-state index in [1.807, 2.05) is 0 Å². The van der Waals surface area contributed by atoms with E-state index in [1.54, 1.807) is 0 Å². The van der Waals surface area contributed by atoms with Gasteiger partial charge in [0.05, 0.1) is 0 Å². The lowest BCUT2D eigenvalue weighted by molar-refractivity contribution is 0.0854. The van der Waals surface area contributed by atoms with Crippen LogP contribution in [-0.4, -0.2) is 32.3 Å². The number of aryl methyl sites for hydroxylation is 1. The summed E-state index contributed by atoms with van der Waals surface area (Å²) in [7, 11) is 2.24. The quantitative estimate of drug-likeness (QED) is 0.893. The highest BCUT2D eigenvalue weighted by atomic mass is 16.5. The molecule has 0 bridgehead atoms. The standard InChI is InChI=1S/C17H26N2O/c1-13-3-6-17(14(11-13)12-18-15-4-5-15)19(2)16-7-9-20-10-8-16/h3,6,11,15-16,18H,4-5,7-10,12H2,1-2H3. The molecule has 1 aromatic carbocycles. The van der Waals surface area contributed by atoms with Gasteiger partial charge in [0.25, 0.3) is 0 Å². The number of nitrogens with one attached hydrogen (secondary N) is 1. The summed E-state index contributed by atoms with van der Waals surface area (Å²) in [6, 6.07) is 8.23. The topological polar surface area (TPSA) is 24.5 Å². The molecule has 0 radical (unpaired) electrons. The number of ether oxygens (including phenoxy) is 1. The van der Waals surface area contributed by atoms with E-state index in [0.717, 1.165) is 38.6 Å². The van der Waals surface area contributed by atoms with Crippen LogP contribution in [0.15, 0.2) is 18.2 Å². The molecular formula is C17H26N2O. The van der Waals surface area contributed by atoms with E-state index in [9.17, 15) is 0 Å². The number of benzene rings is 1. The van der Waals surface area contributed by atoms with Crippen molar-refractivity contribution in [3.63, 3.8) is 0 Å². The van der Waals surface area contributed by atoms with Crippen molar-refractivity contribution in [3.05, 3.63) is 29.3 Å². The Balaban J connectivity index is 1.75. The van der Waals surface area contributed by atoms with E-state index in [1.165, 1.54) is 29.7 Å². The van der Waals surface area contributed by atoms with Crippen LogP contribution in [0.1, 0.15) is 36.8 Å². The summed E-state index contributed by atoms with van der Waals surface area (Å²) in [4.78, 5) is 2.46. The SMILES string of the molecule is Cc1ccc(N(C)C2CCOCC2)c(CNC2CC2)c1. The van der Waals surface area contributed by atoms with Crippen molar-refractivity contribution in [1.82, 2.24) is 5.32 Å². The summed E-state index contributed by atoms with van der Waals surface area (Å²) in [5.41, 5.74) is 4.17. The maximum absolute atomic E-state index is 5.48. The lowest BCUT2D eigenvalue weighted by atomic mass is 10.0. The summed E-state index contributed by atoms with van der Waals surface area (Å²) >= 11 is 0. The van der Waals surface area contributed by atoms with Gasteiger partial charge in [0, 0.05) is 44.6 Å². The summed E-state index contributed by atoms with van der Waals surface area (Å²) in [6.45, 7) is 4.97. The van der Waals surface area contributed by atoms with Crippen LogP contribution in [0.2, 0.25) is 0 Å². The lowest BCUT2D eigenvalue weighted by Crippen LogP contribution is -2.37. The minimum absolute atomic E-state index is 0.617. The van der Waals surface area contributed by atoms with Gasteiger partial charge in [0.2, 0.25) is 0 Å². The van der Waals surface area contributed by atoms with E-state index >= 15 is 0 Å². The number of rotatable bonds is 5. The van der Waals surface area contributed by atoms with E-state index in [0.29, 0.717) is 6.04 Å². The van der Waals surface area contributed by atoms with Gasteiger partial charge in [0.15, 0.2) is 0 Å². The molecule has 0 atom stereocenters. The molecule has 1 aliphatic heterocycles. The molecule has 110 valence electrons. The molecule has 0 aromatic heterocycles. The van der Waals surface area contributed by atoms with Crippen LogP contribution in [0.25, 0.3) is 0 Å². The van der Waals surface area contributed by atoms with Crippen LogP contribution < -0.4 is 10.2 Å². The van der Waals surface area contributed by atoms with Gasteiger partial charge in [-0.1, -0.05) is 17.7 Å². The van der Waals surface area contributed by atoms with Gasteiger partial charge in [-0.15, -0.1) is 0 Å². The van der Waals surface area contributed by atoms with E-state index in [-0.39, 0.29) is 0 Å². The molecular weight excluding hydrogens is 248 g/mol. The zero-order valence-corrected chi connectivity index (χ0v) is 12.7. The van der Waals surface area contributed by atoms with E-state index < -0.39 is 0 Å². The first-order chi connectivity index (χ1) is 9.74. The largest absolute Gasteiger partial charge is 0.381 e. The van der Waals surface area contributed by atoms with Gasteiger partial charge >= 0.3 is 0 Å². The number of hydrogen-bond donors (Lipinski definition) is 1. The smallest absolute Gasteiger partial charge is 0.0485 e. The maximum Gasteiger partial charge on any atom is 0.0485 e. The Labute approximate surface area is 122 Å². The third-order valence-corrected chi connectivity index (χ3v) is 4.51. The van der Waals surface area contributed by atoms with Gasteiger partial charge in [0.1, 0.15) is 0 Å². The van der Waals surface area contributed by atoms with Gasteiger partial charge in [-0.3, -0.25) is 0 Å². The van der Waals surface area contributed by atoms with Crippen molar-refractivity contribution < 1.29 is 4.74 Å².